The smallest absolute Gasteiger partial charge is 0.262 e. The highest BCUT2D eigenvalue weighted by Crippen LogP contribution is 2.23. The lowest BCUT2D eigenvalue weighted by molar-refractivity contribution is -0.117. The number of ether oxygens (including phenoxy) is 1. The Kier molecular flexibility index (Phi) is 5.74. The molecule has 0 spiro atoms. The number of nitrogens with zero attached hydrogens (tertiary/aromatic N) is 3. The molecule has 1 aromatic heterocycles. The summed E-state index contributed by atoms with van der Waals surface area (Å²) in [6.07, 6.45) is 3.33. The van der Waals surface area contributed by atoms with Crippen LogP contribution in [0.15, 0.2) is 60.3 Å². The Morgan fingerprint density at radius 3 is 2.61 bits per heavy atom. The monoisotopic (exact) mass is 370 g/mol. The predicted octanol–water partition coefficient (Wildman–Crippen LogP) is 3.40. The van der Waals surface area contributed by atoms with E-state index in [9.17, 15) is 10.1 Å². The molecule has 0 saturated heterocycles. The Labute approximate surface area is 162 Å². The second-order valence-electron chi connectivity index (χ2n) is 6.09. The number of nitriles is 2. The van der Waals surface area contributed by atoms with Gasteiger partial charge in [0.2, 0.25) is 0 Å². The highest BCUT2D eigenvalue weighted by Gasteiger charge is 2.12. The number of benzene rings is 2. The van der Waals surface area contributed by atoms with Crippen LogP contribution in [0.25, 0.3) is 17.0 Å². The van der Waals surface area contributed by atoms with Crippen molar-refractivity contribution in [2.45, 2.75) is 13.1 Å². The minimum absolute atomic E-state index is 0.00775. The normalized spacial score (nSPS) is 10.9. The van der Waals surface area contributed by atoms with Crippen molar-refractivity contribution >= 4 is 22.9 Å². The van der Waals surface area contributed by atoms with Gasteiger partial charge in [0.15, 0.2) is 0 Å². The zero-order valence-electron chi connectivity index (χ0n) is 15.3. The van der Waals surface area contributed by atoms with E-state index in [0.717, 1.165) is 27.8 Å². The summed E-state index contributed by atoms with van der Waals surface area (Å²) in [5.74, 6) is 0.289. The Hall–Kier alpha value is -4.03. The molecule has 1 heterocycles. The number of hydrogen-bond donors (Lipinski definition) is 1. The molecular formula is C22H18N4O2. The Morgan fingerprint density at radius 1 is 1.18 bits per heavy atom. The third kappa shape index (κ3) is 4.03. The van der Waals surface area contributed by atoms with E-state index < -0.39 is 5.91 Å². The molecule has 0 aliphatic heterocycles. The average Bonchev–Trinajstić information content (AvgIpc) is 3.08. The van der Waals surface area contributed by atoms with Gasteiger partial charge in [-0.05, 0) is 29.8 Å². The molecule has 6 nitrogen and oxygen atoms in total. The van der Waals surface area contributed by atoms with Crippen LogP contribution in [0.4, 0.5) is 0 Å². The Balaban J connectivity index is 1.81. The summed E-state index contributed by atoms with van der Waals surface area (Å²) in [6, 6.07) is 19.0. The first-order chi connectivity index (χ1) is 13.7. The van der Waals surface area contributed by atoms with Gasteiger partial charge in [-0.1, -0.05) is 30.3 Å². The van der Waals surface area contributed by atoms with E-state index in [4.69, 9.17) is 10.00 Å². The molecule has 0 fully saturated rings. The molecule has 0 aliphatic carbocycles. The molecule has 3 aromatic rings. The largest absolute Gasteiger partial charge is 0.497 e. The number of amides is 1. The van der Waals surface area contributed by atoms with Gasteiger partial charge in [0.05, 0.1) is 13.2 Å². The molecule has 138 valence electrons. The number of hydrogen-bond acceptors (Lipinski definition) is 4. The predicted molar refractivity (Wildman–Crippen MR) is 106 cm³/mol. The molecular weight excluding hydrogens is 352 g/mol. The number of aromatic nitrogens is 1. The SMILES string of the molecule is COc1ccc(CNC(=O)/C(C#N)=C\c2cn(CC#N)c3ccccc23)cc1. The van der Waals surface area contributed by atoms with Gasteiger partial charge in [0.1, 0.15) is 23.9 Å². The minimum atomic E-state index is -0.449. The second-order valence-corrected chi connectivity index (χ2v) is 6.09. The van der Waals surface area contributed by atoms with Crippen molar-refractivity contribution in [2.24, 2.45) is 0 Å². The van der Waals surface area contributed by atoms with Crippen LogP contribution in [0.1, 0.15) is 11.1 Å². The highest BCUT2D eigenvalue weighted by atomic mass is 16.5. The van der Waals surface area contributed by atoms with E-state index in [-0.39, 0.29) is 12.1 Å². The molecule has 1 amide bonds. The van der Waals surface area contributed by atoms with Gasteiger partial charge >= 0.3 is 0 Å². The van der Waals surface area contributed by atoms with Gasteiger partial charge in [0.25, 0.3) is 5.91 Å². The first-order valence-electron chi connectivity index (χ1n) is 8.64. The summed E-state index contributed by atoms with van der Waals surface area (Å²) in [5, 5.41) is 22.1. The standard InChI is InChI=1S/C22H18N4O2/c1-28-19-8-6-16(7-9-19)14-25-22(27)17(13-24)12-18-15-26(11-10-23)21-5-3-2-4-20(18)21/h2-9,12,15H,11,14H2,1H3,(H,25,27)/b17-12-. The van der Waals surface area contributed by atoms with Crippen molar-refractivity contribution in [1.29, 1.82) is 10.5 Å². The third-order valence-electron chi connectivity index (χ3n) is 4.34. The lowest BCUT2D eigenvalue weighted by atomic mass is 10.1. The number of rotatable bonds is 6. The summed E-state index contributed by atoms with van der Waals surface area (Å²) in [6.45, 7) is 0.498. The number of carbonyl (C=O) groups is 1. The number of nitrogens with one attached hydrogen (secondary N) is 1. The van der Waals surface area contributed by atoms with E-state index >= 15 is 0 Å². The number of fused-ring (bicyclic) bond motifs is 1. The maximum Gasteiger partial charge on any atom is 0.262 e. The fourth-order valence-electron chi connectivity index (χ4n) is 2.92. The number of para-hydroxylation sites is 1. The van der Waals surface area contributed by atoms with Gasteiger partial charge in [-0.3, -0.25) is 4.79 Å². The van der Waals surface area contributed by atoms with Gasteiger partial charge < -0.3 is 14.6 Å². The van der Waals surface area contributed by atoms with Crippen LogP contribution in [-0.4, -0.2) is 17.6 Å². The fourth-order valence-corrected chi connectivity index (χ4v) is 2.92. The molecule has 28 heavy (non-hydrogen) atoms. The van der Waals surface area contributed by atoms with Crippen molar-refractivity contribution < 1.29 is 9.53 Å². The van der Waals surface area contributed by atoms with Crippen LogP contribution in [-0.2, 0) is 17.9 Å². The molecule has 6 heteroatoms. The molecule has 2 aromatic carbocycles. The zero-order chi connectivity index (χ0) is 19.9. The number of methoxy groups -OCH3 is 1. The number of carbonyl (C=O) groups excluding carboxylic acids is 1. The molecule has 0 saturated carbocycles. The quantitative estimate of drug-likeness (QED) is 0.532. The molecule has 3 rings (SSSR count). The molecule has 1 N–H and O–H groups in total. The highest BCUT2D eigenvalue weighted by molar-refractivity contribution is 6.04. The van der Waals surface area contributed by atoms with Crippen LogP contribution >= 0.6 is 0 Å². The van der Waals surface area contributed by atoms with Gasteiger partial charge in [-0.25, -0.2) is 0 Å². The van der Waals surface area contributed by atoms with Crippen molar-refractivity contribution in [1.82, 2.24) is 9.88 Å². The van der Waals surface area contributed by atoms with E-state index in [0.29, 0.717) is 6.54 Å². The van der Waals surface area contributed by atoms with Crippen LogP contribution in [0.3, 0.4) is 0 Å². The van der Waals surface area contributed by atoms with E-state index in [2.05, 4.69) is 11.4 Å². The van der Waals surface area contributed by atoms with E-state index in [1.165, 1.54) is 0 Å². The first kappa shape index (κ1) is 18.8. The first-order valence-corrected chi connectivity index (χ1v) is 8.64. The summed E-state index contributed by atoms with van der Waals surface area (Å²) in [4.78, 5) is 12.5. The molecule has 0 atom stereocenters. The lowest BCUT2D eigenvalue weighted by Crippen LogP contribution is -2.23. The maximum absolute atomic E-state index is 12.5. The van der Waals surface area contributed by atoms with E-state index in [1.807, 2.05) is 54.6 Å². The summed E-state index contributed by atoms with van der Waals surface area (Å²) in [7, 11) is 1.59. The zero-order valence-corrected chi connectivity index (χ0v) is 15.3. The summed E-state index contributed by atoms with van der Waals surface area (Å²) in [5.41, 5.74) is 2.51. The van der Waals surface area contributed by atoms with Gasteiger partial charge in [-0.2, -0.15) is 10.5 Å². The molecule has 0 aliphatic rings. The lowest BCUT2D eigenvalue weighted by Gasteiger charge is -2.05. The van der Waals surface area contributed by atoms with Crippen molar-refractivity contribution in [3.05, 3.63) is 71.4 Å². The Morgan fingerprint density at radius 2 is 1.93 bits per heavy atom. The van der Waals surface area contributed by atoms with Crippen LogP contribution in [0.5, 0.6) is 5.75 Å². The van der Waals surface area contributed by atoms with Crippen LogP contribution in [0.2, 0.25) is 0 Å². The average molecular weight is 370 g/mol. The maximum atomic E-state index is 12.5. The molecule has 0 radical (unpaired) electrons. The van der Waals surface area contributed by atoms with Crippen molar-refractivity contribution in [2.75, 3.05) is 7.11 Å². The minimum Gasteiger partial charge on any atom is -0.497 e. The molecule has 0 unspecified atom stereocenters. The van der Waals surface area contributed by atoms with Crippen LogP contribution in [0, 0.1) is 22.7 Å². The summed E-state index contributed by atoms with van der Waals surface area (Å²) < 4.78 is 6.91. The van der Waals surface area contributed by atoms with Gasteiger partial charge in [-0.15, -0.1) is 0 Å². The van der Waals surface area contributed by atoms with Gasteiger partial charge in [0, 0.05) is 29.2 Å². The van der Waals surface area contributed by atoms with Crippen molar-refractivity contribution in [3.63, 3.8) is 0 Å². The molecule has 0 bridgehead atoms. The fraction of sp³-hybridized carbons (Fsp3) is 0.136. The van der Waals surface area contributed by atoms with Crippen molar-refractivity contribution in [3.8, 4) is 17.9 Å². The van der Waals surface area contributed by atoms with Crippen LogP contribution < -0.4 is 10.1 Å². The summed E-state index contributed by atoms with van der Waals surface area (Å²) >= 11 is 0. The second kappa shape index (κ2) is 8.57. The topological polar surface area (TPSA) is 90.8 Å². The third-order valence-corrected chi connectivity index (χ3v) is 4.34. The van der Waals surface area contributed by atoms with E-state index in [1.54, 1.807) is 23.9 Å². The Bertz CT molecular complexity index is 1110.